The highest BCUT2D eigenvalue weighted by atomic mass is 35.5. The molecule has 1 unspecified atom stereocenters. The molecule has 0 aromatic heterocycles. The highest BCUT2D eigenvalue weighted by Gasteiger charge is 2.27. The van der Waals surface area contributed by atoms with Gasteiger partial charge in [-0.1, -0.05) is 17.7 Å². The Morgan fingerprint density at radius 1 is 1.35 bits per heavy atom. The van der Waals surface area contributed by atoms with E-state index < -0.39 is 0 Å². The van der Waals surface area contributed by atoms with Crippen molar-refractivity contribution in [1.82, 2.24) is 9.80 Å². The van der Waals surface area contributed by atoms with Crippen LogP contribution in [0.1, 0.15) is 38.3 Å². The number of hydrogen-bond acceptors (Lipinski definition) is 2. The third-order valence-corrected chi connectivity index (χ3v) is 4.76. The van der Waals surface area contributed by atoms with Crippen molar-refractivity contribution in [3.05, 3.63) is 34.6 Å². The lowest BCUT2D eigenvalue weighted by Crippen LogP contribution is -2.38. The van der Waals surface area contributed by atoms with Crippen LogP contribution < -0.4 is 5.73 Å². The van der Waals surface area contributed by atoms with Gasteiger partial charge < -0.3 is 10.6 Å². The first-order valence-corrected chi connectivity index (χ1v) is 8.69. The molecule has 2 rings (SSSR count). The molecule has 6 heteroatoms. The van der Waals surface area contributed by atoms with Crippen LogP contribution in [0.4, 0.5) is 4.39 Å². The van der Waals surface area contributed by atoms with E-state index in [1.54, 1.807) is 12.1 Å². The van der Waals surface area contributed by atoms with E-state index in [1.807, 2.05) is 18.7 Å². The number of guanidine groups is 1. The van der Waals surface area contributed by atoms with Gasteiger partial charge in [0.05, 0.1) is 12.6 Å². The maximum Gasteiger partial charge on any atom is 0.191 e. The first-order valence-electron chi connectivity index (χ1n) is 8.31. The first kappa shape index (κ1) is 18.0. The van der Waals surface area contributed by atoms with Crippen LogP contribution in [-0.2, 0) is 0 Å². The summed E-state index contributed by atoms with van der Waals surface area (Å²) < 4.78 is 14.4. The number of nitrogens with two attached hydrogens (primary N) is 1. The van der Waals surface area contributed by atoms with E-state index in [2.05, 4.69) is 9.89 Å². The number of nitrogens with zero attached hydrogens (tertiary/aromatic N) is 3. The van der Waals surface area contributed by atoms with E-state index >= 15 is 0 Å². The van der Waals surface area contributed by atoms with E-state index in [1.165, 1.54) is 6.07 Å². The number of hydrogen-bond donors (Lipinski definition) is 1. The molecule has 0 amide bonds. The Hall–Kier alpha value is -1.33. The van der Waals surface area contributed by atoms with Gasteiger partial charge in [0.25, 0.3) is 0 Å². The molecular formula is C17H26ClFN4. The van der Waals surface area contributed by atoms with Gasteiger partial charge in [0, 0.05) is 23.7 Å². The number of aliphatic imine (C=N–C) groups is 1. The van der Waals surface area contributed by atoms with Crippen LogP contribution in [0.25, 0.3) is 0 Å². The lowest BCUT2D eigenvalue weighted by atomic mass is 10.0. The predicted octanol–water partition coefficient (Wildman–Crippen LogP) is 3.27. The normalized spacial score (nSPS) is 17.5. The summed E-state index contributed by atoms with van der Waals surface area (Å²) in [7, 11) is 0. The molecule has 0 aliphatic carbocycles. The van der Waals surface area contributed by atoms with Gasteiger partial charge in [-0.2, -0.15) is 0 Å². The molecule has 4 nitrogen and oxygen atoms in total. The Morgan fingerprint density at radius 2 is 2.00 bits per heavy atom. The molecule has 0 radical (unpaired) electrons. The van der Waals surface area contributed by atoms with Crippen molar-refractivity contribution in [1.29, 1.82) is 0 Å². The molecule has 1 aliphatic rings. The molecule has 128 valence electrons. The fourth-order valence-electron chi connectivity index (χ4n) is 3.10. The largest absolute Gasteiger partial charge is 0.370 e. The Labute approximate surface area is 143 Å². The summed E-state index contributed by atoms with van der Waals surface area (Å²) in [6.45, 7) is 7.99. The van der Waals surface area contributed by atoms with Crippen molar-refractivity contribution in [2.24, 2.45) is 10.7 Å². The first-order chi connectivity index (χ1) is 11.1. The van der Waals surface area contributed by atoms with Gasteiger partial charge in [-0.05, 0) is 51.9 Å². The quantitative estimate of drug-likeness (QED) is 0.638. The van der Waals surface area contributed by atoms with Gasteiger partial charge in [0.2, 0.25) is 0 Å². The van der Waals surface area contributed by atoms with E-state index in [9.17, 15) is 4.39 Å². The van der Waals surface area contributed by atoms with Crippen LogP contribution in [0.15, 0.2) is 23.2 Å². The molecule has 23 heavy (non-hydrogen) atoms. The fourth-order valence-corrected chi connectivity index (χ4v) is 3.39. The standard InChI is InChI=1S/C17H26ClFN4/c1-3-22(4-2)17(20)21-12-15(23-10-5-6-11-23)16-13(18)8-7-9-14(16)19/h7-9,15H,3-6,10-12H2,1-2H3,(H2,20,21). The summed E-state index contributed by atoms with van der Waals surface area (Å²) in [5, 5.41) is 0.457. The molecule has 0 spiro atoms. The number of rotatable bonds is 6. The maximum absolute atomic E-state index is 14.4. The zero-order valence-corrected chi connectivity index (χ0v) is 14.7. The molecule has 1 atom stereocenters. The van der Waals surface area contributed by atoms with Crippen LogP contribution in [0.2, 0.25) is 5.02 Å². The van der Waals surface area contributed by atoms with Crippen molar-refractivity contribution < 1.29 is 4.39 Å². The summed E-state index contributed by atoms with van der Waals surface area (Å²) >= 11 is 6.28. The maximum atomic E-state index is 14.4. The van der Waals surface area contributed by atoms with Gasteiger partial charge in [-0.25, -0.2) is 4.39 Å². The van der Waals surface area contributed by atoms with Crippen LogP contribution in [0.5, 0.6) is 0 Å². The summed E-state index contributed by atoms with van der Waals surface area (Å²) in [6, 6.07) is 4.66. The van der Waals surface area contributed by atoms with Crippen molar-refractivity contribution >= 4 is 17.6 Å². The smallest absolute Gasteiger partial charge is 0.191 e. The van der Waals surface area contributed by atoms with E-state index in [0.717, 1.165) is 39.0 Å². The predicted molar refractivity (Wildman–Crippen MR) is 94.4 cm³/mol. The van der Waals surface area contributed by atoms with Gasteiger partial charge in [-0.15, -0.1) is 0 Å². The molecule has 1 aromatic carbocycles. The molecule has 1 fully saturated rings. The Balaban J connectivity index is 2.27. The molecule has 0 bridgehead atoms. The second-order valence-electron chi connectivity index (χ2n) is 5.77. The monoisotopic (exact) mass is 340 g/mol. The lowest BCUT2D eigenvalue weighted by molar-refractivity contribution is 0.246. The minimum atomic E-state index is -0.272. The van der Waals surface area contributed by atoms with Gasteiger partial charge >= 0.3 is 0 Å². The van der Waals surface area contributed by atoms with Gasteiger partial charge in [0.15, 0.2) is 5.96 Å². The lowest BCUT2D eigenvalue weighted by Gasteiger charge is -2.28. The second kappa shape index (κ2) is 8.50. The highest BCUT2D eigenvalue weighted by Crippen LogP contribution is 2.32. The van der Waals surface area contributed by atoms with Crippen molar-refractivity contribution in [3.8, 4) is 0 Å². The average molecular weight is 341 g/mol. The molecule has 0 saturated carbocycles. The highest BCUT2D eigenvalue weighted by molar-refractivity contribution is 6.31. The Morgan fingerprint density at radius 3 is 2.57 bits per heavy atom. The van der Waals surface area contributed by atoms with Gasteiger partial charge in [-0.3, -0.25) is 9.89 Å². The van der Waals surface area contributed by atoms with Gasteiger partial charge in [0.1, 0.15) is 5.82 Å². The minimum Gasteiger partial charge on any atom is -0.370 e. The Bertz CT molecular complexity index is 519. The zero-order chi connectivity index (χ0) is 16.8. The molecule has 1 aromatic rings. The van der Waals surface area contributed by atoms with E-state index in [4.69, 9.17) is 17.3 Å². The summed E-state index contributed by atoms with van der Waals surface area (Å²) in [5.74, 6) is 0.234. The number of benzene rings is 1. The minimum absolute atomic E-state index is 0.166. The van der Waals surface area contributed by atoms with E-state index in [-0.39, 0.29) is 11.9 Å². The zero-order valence-electron chi connectivity index (χ0n) is 13.9. The molecule has 1 heterocycles. The fraction of sp³-hybridized carbons (Fsp3) is 0.588. The summed E-state index contributed by atoms with van der Waals surface area (Å²) in [6.07, 6.45) is 2.25. The summed E-state index contributed by atoms with van der Waals surface area (Å²) in [4.78, 5) is 8.77. The van der Waals surface area contributed by atoms with E-state index in [0.29, 0.717) is 23.1 Å². The summed E-state index contributed by atoms with van der Waals surface area (Å²) in [5.41, 5.74) is 6.61. The third-order valence-electron chi connectivity index (χ3n) is 4.43. The van der Waals surface area contributed by atoms with Crippen molar-refractivity contribution in [2.75, 3.05) is 32.7 Å². The average Bonchev–Trinajstić information content (AvgIpc) is 3.05. The molecular weight excluding hydrogens is 315 g/mol. The van der Waals surface area contributed by atoms with Crippen LogP contribution in [0.3, 0.4) is 0 Å². The topological polar surface area (TPSA) is 44.9 Å². The molecule has 1 aliphatic heterocycles. The number of halogens is 2. The van der Waals surface area contributed by atoms with Crippen LogP contribution in [-0.4, -0.2) is 48.5 Å². The Kier molecular flexibility index (Phi) is 6.66. The molecule has 2 N–H and O–H groups in total. The molecule has 1 saturated heterocycles. The van der Waals surface area contributed by atoms with Crippen LogP contribution in [0, 0.1) is 5.82 Å². The number of likely N-dealkylation sites (tertiary alicyclic amines) is 1. The van der Waals surface area contributed by atoms with Crippen molar-refractivity contribution in [2.45, 2.75) is 32.7 Å². The SMILES string of the molecule is CCN(CC)C(N)=NCC(c1c(F)cccc1Cl)N1CCCC1. The van der Waals surface area contributed by atoms with Crippen LogP contribution >= 0.6 is 11.6 Å². The van der Waals surface area contributed by atoms with Crippen molar-refractivity contribution in [3.63, 3.8) is 0 Å². The second-order valence-corrected chi connectivity index (χ2v) is 6.17. The third kappa shape index (κ3) is 4.36.